The molecule has 10 nitrogen and oxygen atoms in total. The molecule has 1 aliphatic rings. The molecule has 2 N–H and O–H groups in total. The number of carbonyl (C=O) groups excluding carboxylic acids is 1. The summed E-state index contributed by atoms with van der Waals surface area (Å²) in [6.07, 6.45) is 1.95. The number of hydrogen-bond donors (Lipinski definition) is 2. The van der Waals surface area contributed by atoms with E-state index in [4.69, 9.17) is 21.5 Å². The van der Waals surface area contributed by atoms with E-state index in [0.717, 1.165) is 32.5 Å². The maximum atomic E-state index is 13.4. The lowest BCUT2D eigenvalue weighted by Crippen LogP contribution is -2.27. The van der Waals surface area contributed by atoms with E-state index in [1.807, 2.05) is 44.3 Å². The number of pyridine rings is 1. The smallest absolute Gasteiger partial charge is 0.475 e. The molecular weight excluding hydrogens is 704 g/mol. The van der Waals surface area contributed by atoms with Gasteiger partial charge in [-0.3, -0.25) is 23.8 Å². The third kappa shape index (κ3) is 7.60. The van der Waals surface area contributed by atoms with Crippen LogP contribution in [0.25, 0.3) is 22.5 Å². The van der Waals surface area contributed by atoms with E-state index in [2.05, 4.69) is 43.0 Å². The van der Waals surface area contributed by atoms with Crippen LogP contribution in [0.1, 0.15) is 37.9 Å². The summed E-state index contributed by atoms with van der Waals surface area (Å²) in [5.74, 6) is -2.99. The van der Waals surface area contributed by atoms with E-state index in [1.165, 1.54) is 0 Å². The molecule has 226 valence electrons. The molecule has 5 rings (SSSR count). The van der Waals surface area contributed by atoms with Gasteiger partial charge in [0, 0.05) is 44.9 Å². The number of carboxylic acid groups (broad SMARTS) is 1. The van der Waals surface area contributed by atoms with Crippen LogP contribution in [0.15, 0.2) is 59.9 Å². The molecule has 0 unspecified atom stereocenters. The Hall–Kier alpha value is -3.79. The number of nitrogens with one attached hydrogen (secondary N) is 1. The lowest BCUT2D eigenvalue weighted by atomic mass is 9.97. The number of rotatable bonds is 2. The van der Waals surface area contributed by atoms with Crippen molar-refractivity contribution >= 4 is 51.8 Å². The number of benzene rings is 1. The van der Waals surface area contributed by atoms with Crippen LogP contribution in [0.3, 0.4) is 0 Å². The Kier molecular flexibility index (Phi) is 9.89. The van der Waals surface area contributed by atoms with E-state index in [9.17, 15) is 22.8 Å². The largest absolute Gasteiger partial charge is 0.490 e. The van der Waals surface area contributed by atoms with Crippen molar-refractivity contribution in [2.24, 2.45) is 13.0 Å². The SMILES string of the molecule is C[C@@H]1CCC[C@H](n2cnc(-c3cc(Cl)ccc3I)cc2=O)c2cc(ccn2)-c2c(cnn2C)NC1=O.O=C(O)C(F)(F)F. The van der Waals surface area contributed by atoms with Crippen molar-refractivity contribution in [3.05, 3.63) is 79.8 Å². The highest BCUT2D eigenvalue weighted by Crippen LogP contribution is 2.33. The summed E-state index contributed by atoms with van der Waals surface area (Å²) < 4.78 is 36.1. The second-order valence-electron chi connectivity index (χ2n) is 9.78. The zero-order chi connectivity index (χ0) is 31.5. The van der Waals surface area contributed by atoms with E-state index >= 15 is 0 Å². The Morgan fingerprint density at radius 3 is 2.53 bits per heavy atom. The molecule has 1 amide bonds. The first kappa shape index (κ1) is 32.1. The van der Waals surface area contributed by atoms with Crippen LogP contribution in [0.2, 0.25) is 5.02 Å². The van der Waals surface area contributed by atoms with Gasteiger partial charge in [0.2, 0.25) is 5.91 Å². The molecule has 0 saturated carbocycles. The van der Waals surface area contributed by atoms with Crippen LogP contribution in [0.5, 0.6) is 0 Å². The van der Waals surface area contributed by atoms with Crippen LogP contribution in [-0.2, 0) is 16.6 Å². The van der Waals surface area contributed by atoms with Crippen LogP contribution in [-0.4, -0.2) is 47.5 Å². The summed E-state index contributed by atoms with van der Waals surface area (Å²) in [5.41, 5.74) is 4.27. The predicted molar refractivity (Wildman–Crippen MR) is 162 cm³/mol. The van der Waals surface area contributed by atoms with Crippen LogP contribution < -0.4 is 10.9 Å². The number of amides is 1. The quantitative estimate of drug-likeness (QED) is 0.244. The molecule has 4 aromatic rings. The number of nitrogens with zero attached hydrogens (tertiary/aromatic N) is 5. The van der Waals surface area contributed by atoms with Gasteiger partial charge in [0.15, 0.2) is 0 Å². The monoisotopic (exact) mass is 728 g/mol. The first-order valence-electron chi connectivity index (χ1n) is 12.9. The fourth-order valence-corrected chi connectivity index (χ4v) is 5.35. The Balaban J connectivity index is 0.000000541. The van der Waals surface area contributed by atoms with Gasteiger partial charge < -0.3 is 10.4 Å². The minimum absolute atomic E-state index is 0.0463. The number of fused-ring (bicyclic) bond motifs is 4. The summed E-state index contributed by atoms with van der Waals surface area (Å²) >= 11 is 8.40. The highest BCUT2D eigenvalue weighted by Gasteiger charge is 2.38. The Bertz CT molecular complexity index is 1730. The first-order valence-corrected chi connectivity index (χ1v) is 14.3. The molecule has 1 aromatic carbocycles. The number of carboxylic acids is 1. The van der Waals surface area contributed by atoms with E-state index in [1.54, 1.807) is 34.0 Å². The zero-order valence-electron chi connectivity index (χ0n) is 22.8. The van der Waals surface area contributed by atoms with Gasteiger partial charge in [-0.15, -0.1) is 0 Å². The minimum Gasteiger partial charge on any atom is -0.475 e. The number of hydrogen-bond acceptors (Lipinski definition) is 6. The molecule has 0 radical (unpaired) electrons. The molecule has 15 heteroatoms. The molecule has 1 aliphatic heterocycles. The molecule has 4 heterocycles. The standard InChI is InChI=1S/C26H24ClIN6O2.C2HF3O2/c1-15-4-3-5-23(34-14-30-20(12-24(34)35)18-11-17(27)6-7-19(18)28)21-10-16(8-9-29-21)25-22(32-26(15)36)13-31-33(25)2;3-2(4,5)1(6)7/h6-15,23H,3-5H2,1-2H3,(H,32,36);(H,6,7)/t15-,23+;/m1./s1. The Labute approximate surface area is 262 Å². The topological polar surface area (TPSA) is 132 Å². The van der Waals surface area contributed by atoms with Crippen molar-refractivity contribution in [1.82, 2.24) is 24.3 Å². The van der Waals surface area contributed by atoms with E-state index in [-0.39, 0.29) is 23.4 Å². The van der Waals surface area contributed by atoms with Gasteiger partial charge in [-0.25, -0.2) is 9.78 Å². The summed E-state index contributed by atoms with van der Waals surface area (Å²) in [4.78, 5) is 44.4. The van der Waals surface area contributed by atoms with Gasteiger partial charge in [0.1, 0.15) is 0 Å². The van der Waals surface area contributed by atoms with Crippen LogP contribution >= 0.6 is 34.2 Å². The Morgan fingerprint density at radius 2 is 1.86 bits per heavy atom. The summed E-state index contributed by atoms with van der Waals surface area (Å²) in [6, 6.07) is 10.6. The lowest BCUT2D eigenvalue weighted by molar-refractivity contribution is -0.192. The second kappa shape index (κ2) is 13.2. The van der Waals surface area contributed by atoms with Crippen molar-refractivity contribution in [3.8, 4) is 22.5 Å². The highest BCUT2D eigenvalue weighted by molar-refractivity contribution is 14.1. The van der Waals surface area contributed by atoms with Crippen LogP contribution in [0.4, 0.5) is 18.9 Å². The average molecular weight is 729 g/mol. The van der Waals surface area contributed by atoms with E-state index in [0.29, 0.717) is 29.2 Å². The second-order valence-corrected chi connectivity index (χ2v) is 11.4. The lowest BCUT2D eigenvalue weighted by Gasteiger charge is -2.22. The number of aryl methyl sites for hydroxylation is 1. The van der Waals surface area contributed by atoms with Gasteiger partial charge in [0.05, 0.1) is 41.3 Å². The molecule has 0 spiro atoms. The van der Waals surface area contributed by atoms with Crippen molar-refractivity contribution in [3.63, 3.8) is 0 Å². The highest BCUT2D eigenvalue weighted by atomic mass is 127. The predicted octanol–water partition coefficient (Wildman–Crippen LogP) is 5.95. The molecule has 0 fully saturated rings. The molecule has 2 bridgehead atoms. The third-order valence-electron chi connectivity index (χ3n) is 6.77. The fourth-order valence-electron chi connectivity index (χ4n) is 4.57. The maximum absolute atomic E-state index is 13.4. The first-order chi connectivity index (χ1) is 20.3. The normalized spacial score (nSPS) is 17.0. The summed E-state index contributed by atoms with van der Waals surface area (Å²) in [5, 5.41) is 15.1. The molecular formula is C28H25ClF3IN6O4. The maximum Gasteiger partial charge on any atom is 0.490 e. The zero-order valence-corrected chi connectivity index (χ0v) is 25.7. The van der Waals surface area contributed by atoms with Crippen molar-refractivity contribution in [1.29, 1.82) is 0 Å². The van der Waals surface area contributed by atoms with Crippen molar-refractivity contribution < 1.29 is 27.9 Å². The average Bonchev–Trinajstić information content (AvgIpc) is 3.31. The Morgan fingerprint density at radius 1 is 1.14 bits per heavy atom. The van der Waals surface area contributed by atoms with E-state index < -0.39 is 12.1 Å². The molecule has 0 saturated heterocycles. The number of anilines is 1. The van der Waals surface area contributed by atoms with Gasteiger partial charge in [-0.1, -0.05) is 24.9 Å². The number of carbonyl (C=O) groups is 2. The van der Waals surface area contributed by atoms with Crippen LogP contribution in [0, 0.1) is 9.49 Å². The minimum atomic E-state index is -5.08. The number of aliphatic carboxylic acids is 1. The number of halogens is 5. The fraction of sp³-hybridized carbons (Fsp3) is 0.286. The molecule has 2 atom stereocenters. The van der Waals surface area contributed by atoms with Crippen molar-refractivity contribution in [2.45, 2.75) is 38.4 Å². The number of alkyl halides is 3. The van der Waals surface area contributed by atoms with Gasteiger partial charge in [-0.2, -0.15) is 18.3 Å². The summed E-state index contributed by atoms with van der Waals surface area (Å²) in [6.45, 7) is 1.92. The van der Waals surface area contributed by atoms with Crippen molar-refractivity contribution in [2.75, 3.05) is 5.32 Å². The third-order valence-corrected chi connectivity index (χ3v) is 7.95. The van der Waals surface area contributed by atoms with Gasteiger partial charge >= 0.3 is 12.1 Å². The molecule has 3 aromatic heterocycles. The molecule has 0 aliphatic carbocycles. The van der Waals surface area contributed by atoms with Gasteiger partial charge in [0.25, 0.3) is 5.56 Å². The summed E-state index contributed by atoms with van der Waals surface area (Å²) in [7, 11) is 1.84. The molecule has 43 heavy (non-hydrogen) atoms. The van der Waals surface area contributed by atoms with Gasteiger partial charge in [-0.05, 0) is 65.8 Å². The number of aromatic nitrogens is 5.